The standard InChI is InChI=1S/C27H35FN2O8/c28-18-9-7-8-17(14-18)24(32)30-29-20(31)16-33-22-21(19-15-34-26(36-19)10-3-1-4-11-26)35-25-23(22)37-27(38-25)12-5-2-6-13-27/h7-9,14,19,21-23,25H,1-6,10-13,15-16H2,(H,29,31)(H,30,32)/t19-,21-,22+,23+,25-/m0/s1. The first-order chi connectivity index (χ1) is 18.4. The number of hydrazine groups is 1. The van der Waals surface area contributed by atoms with Gasteiger partial charge in [-0.05, 0) is 43.9 Å². The molecule has 5 atom stereocenters. The predicted octanol–water partition coefficient (Wildman–Crippen LogP) is 2.85. The summed E-state index contributed by atoms with van der Waals surface area (Å²) in [6.07, 6.45) is 7.05. The molecule has 1 aromatic carbocycles. The van der Waals surface area contributed by atoms with Gasteiger partial charge in [-0.25, -0.2) is 4.39 Å². The number of benzene rings is 1. The van der Waals surface area contributed by atoms with Gasteiger partial charge in [0, 0.05) is 31.2 Å². The van der Waals surface area contributed by atoms with E-state index in [1.54, 1.807) is 0 Å². The van der Waals surface area contributed by atoms with Crippen LogP contribution in [0.3, 0.4) is 0 Å². The number of fused-ring (bicyclic) bond motifs is 1. The normalized spacial score (nSPS) is 33.3. The van der Waals surface area contributed by atoms with E-state index in [2.05, 4.69) is 10.9 Å². The molecule has 11 heteroatoms. The highest BCUT2D eigenvalue weighted by atomic mass is 19.1. The van der Waals surface area contributed by atoms with Gasteiger partial charge in [-0.15, -0.1) is 0 Å². The second-order valence-corrected chi connectivity index (χ2v) is 10.9. The van der Waals surface area contributed by atoms with E-state index in [4.69, 9.17) is 28.4 Å². The van der Waals surface area contributed by atoms with E-state index in [0.29, 0.717) is 6.61 Å². The fraction of sp³-hybridized carbons (Fsp3) is 0.704. The van der Waals surface area contributed by atoms with Crippen LogP contribution < -0.4 is 10.9 Å². The molecule has 3 aliphatic heterocycles. The molecule has 0 unspecified atom stereocenters. The molecule has 6 rings (SSSR count). The Bertz CT molecular complexity index is 1030. The minimum Gasteiger partial charge on any atom is -0.363 e. The van der Waals surface area contributed by atoms with Crippen molar-refractivity contribution in [2.75, 3.05) is 13.2 Å². The van der Waals surface area contributed by atoms with Crippen LogP contribution in [0, 0.1) is 5.82 Å². The van der Waals surface area contributed by atoms with Gasteiger partial charge in [-0.1, -0.05) is 18.9 Å². The van der Waals surface area contributed by atoms with Gasteiger partial charge in [0.05, 0.1) is 6.61 Å². The molecule has 2 spiro atoms. The van der Waals surface area contributed by atoms with Crippen molar-refractivity contribution in [1.29, 1.82) is 0 Å². The highest BCUT2D eigenvalue weighted by Gasteiger charge is 2.61. The van der Waals surface area contributed by atoms with Crippen molar-refractivity contribution in [3.8, 4) is 0 Å². The molecule has 38 heavy (non-hydrogen) atoms. The molecule has 2 amide bonds. The average Bonchev–Trinajstić information content (AvgIpc) is 3.58. The number of ether oxygens (including phenoxy) is 6. The molecule has 3 heterocycles. The van der Waals surface area contributed by atoms with Crippen LogP contribution in [-0.4, -0.2) is 67.3 Å². The number of carbonyl (C=O) groups is 2. The summed E-state index contributed by atoms with van der Waals surface area (Å²) in [4.78, 5) is 24.8. The van der Waals surface area contributed by atoms with Gasteiger partial charge in [-0.3, -0.25) is 20.4 Å². The third kappa shape index (κ3) is 5.32. The van der Waals surface area contributed by atoms with Crippen molar-refractivity contribution in [2.45, 2.75) is 106 Å². The first-order valence-corrected chi connectivity index (χ1v) is 13.7. The van der Waals surface area contributed by atoms with E-state index < -0.39 is 53.8 Å². The van der Waals surface area contributed by atoms with Gasteiger partial charge >= 0.3 is 0 Å². The van der Waals surface area contributed by atoms with E-state index in [1.165, 1.54) is 24.6 Å². The molecular formula is C27H35FN2O8. The molecule has 5 fully saturated rings. The first-order valence-electron chi connectivity index (χ1n) is 13.7. The van der Waals surface area contributed by atoms with E-state index in [1.807, 2.05) is 0 Å². The SMILES string of the molecule is O=C(CO[C@@H]1[C@H]([C@@H]2COC3(CCCCC3)O2)O[C@H]2OC3(CCCCC3)O[C@@H]21)NNC(=O)c1cccc(F)c1. The number of nitrogens with one attached hydrogen (secondary N) is 2. The predicted molar refractivity (Wildman–Crippen MR) is 129 cm³/mol. The van der Waals surface area contributed by atoms with Crippen LogP contribution in [0.25, 0.3) is 0 Å². The van der Waals surface area contributed by atoms with Crippen molar-refractivity contribution in [2.24, 2.45) is 0 Å². The summed E-state index contributed by atoms with van der Waals surface area (Å²) in [6.45, 7) is 0.0112. The molecule has 0 aromatic heterocycles. The average molecular weight is 535 g/mol. The van der Waals surface area contributed by atoms with Crippen LogP contribution in [0.15, 0.2) is 24.3 Å². The summed E-state index contributed by atoms with van der Waals surface area (Å²) < 4.78 is 51.1. The highest BCUT2D eigenvalue weighted by Crippen LogP contribution is 2.48. The number of carbonyl (C=O) groups excluding carboxylic acids is 2. The molecule has 0 radical (unpaired) electrons. The van der Waals surface area contributed by atoms with E-state index in [9.17, 15) is 14.0 Å². The lowest BCUT2D eigenvalue weighted by atomic mass is 9.94. The fourth-order valence-corrected chi connectivity index (χ4v) is 6.30. The zero-order chi connectivity index (χ0) is 26.2. The van der Waals surface area contributed by atoms with Crippen LogP contribution >= 0.6 is 0 Å². The summed E-state index contributed by atoms with van der Waals surface area (Å²) in [5.41, 5.74) is 4.69. The Morgan fingerprint density at radius 2 is 1.66 bits per heavy atom. The second kappa shape index (κ2) is 10.8. The van der Waals surface area contributed by atoms with Crippen LogP contribution in [0.1, 0.15) is 74.6 Å². The zero-order valence-corrected chi connectivity index (χ0v) is 21.3. The molecule has 2 aliphatic carbocycles. The van der Waals surface area contributed by atoms with Crippen LogP contribution in [0.4, 0.5) is 4.39 Å². The molecule has 0 bridgehead atoms. The van der Waals surface area contributed by atoms with Gasteiger partial charge in [0.25, 0.3) is 11.8 Å². The van der Waals surface area contributed by atoms with Gasteiger partial charge in [-0.2, -0.15) is 0 Å². The minimum absolute atomic E-state index is 0.0858. The number of hydrogen-bond donors (Lipinski definition) is 2. The Balaban J connectivity index is 1.09. The molecular weight excluding hydrogens is 499 g/mol. The Kier molecular flexibility index (Phi) is 7.41. The highest BCUT2D eigenvalue weighted by molar-refractivity contribution is 5.95. The van der Waals surface area contributed by atoms with Crippen molar-refractivity contribution >= 4 is 11.8 Å². The molecule has 10 nitrogen and oxygen atoms in total. The second-order valence-electron chi connectivity index (χ2n) is 10.9. The maximum absolute atomic E-state index is 13.4. The topological polar surface area (TPSA) is 114 Å². The van der Waals surface area contributed by atoms with Crippen molar-refractivity contribution in [1.82, 2.24) is 10.9 Å². The fourth-order valence-electron chi connectivity index (χ4n) is 6.30. The number of rotatable bonds is 5. The van der Waals surface area contributed by atoms with Crippen LogP contribution in [-0.2, 0) is 33.2 Å². The van der Waals surface area contributed by atoms with E-state index >= 15 is 0 Å². The minimum atomic E-state index is -0.682. The van der Waals surface area contributed by atoms with E-state index in [0.717, 1.165) is 63.9 Å². The number of hydrogen-bond acceptors (Lipinski definition) is 8. The molecule has 2 saturated carbocycles. The third-order valence-electron chi connectivity index (χ3n) is 8.17. The summed E-state index contributed by atoms with van der Waals surface area (Å²) in [7, 11) is 0. The Morgan fingerprint density at radius 1 is 0.921 bits per heavy atom. The molecule has 1 aromatic rings. The maximum atomic E-state index is 13.4. The van der Waals surface area contributed by atoms with Gasteiger partial charge in [0.2, 0.25) is 0 Å². The van der Waals surface area contributed by atoms with Crippen LogP contribution in [0.2, 0.25) is 0 Å². The Morgan fingerprint density at radius 3 is 2.39 bits per heavy atom. The number of amides is 2. The van der Waals surface area contributed by atoms with Crippen molar-refractivity contribution in [3.05, 3.63) is 35.6 Å². The summed E-state index contributed by atoms with van der Waals surface area (Å²) in [6, 6.07) is 5.18. The molecule has 5 aliphatic rings. The van der Waals surface area contributed by atoms with Gasteiger partial charge in [0.1, 0.15) is 36.8 Å². The summed E-state index contributed by atoms with van der Waals surface area (Å²) >= 11 is 0. The molecule has 3 saturated heterocycles. The lowest BCUT2D eigenvalue weighted by molar-refractivity contribution is -0.262. The first kappa shape index (κ1) is 26.1. The summed E-state index contributed by atoms with van der Waals surface area (Å²) in [5, 5.41) is 0. The summed E-state index contributed by atoms with van der Waals surface area (Å²) in [5.74, 6) is -3.02. The van der Waals surface area contributed by atoms with Crippen molar-refractivity contribution in [3.63, 3.8) is 0 Å². The largest absolute Gasteiger partial charge is 0.363 e. The molecule has 208 valence electrons. The quantitative estimate of drug-likeness (QED) is 0.555. The van der Waals surface area contributed by atoms with Gasteiger partial charge in [0.15, 0.2) is 17.9 Å². The molecule has 2 N–H and O–H groups in total. The maximum Gasteiger partial charge on any atom is 0.269 e. The van der Waals surface area contributed by atoms with Gasteiger partial charge < -0.3 is 28.4 Å². The zero-order valence-electron chi connectivity index (χ0n) is 21.3. The van der Waals surface area contributed by atoms with Crippen LogP contribution in [0.5, 0.6) is 0 Å². The Labute approximate surface area is 220 Å². The van der Waals surface area contributed by atoms with E-state index in [-0.39, 0.29) is 18.3 Å². The monoisotopic (exact) mass is 534 g/mol. The lowest BCUT2D eigenvalue weighted by Gasteiger charge is -2.35. The van der Waals surface area contributed by atoms with Crippen molar-refractivity contribution < 1.29 is 42.4 Å². The third-order valence-corrected chi connectivity index (χ3v) is 8.17. The Hall–Kier alpha value is -2.15. The smallest absolute Gasteiger partial charge is 0.269 e. The lowest BCUT2D eigenvalue weighted by Crippen LogP contribution is -2.48. The number of halogens is 1.